The second kappa shape index (κ2) is 4.94. The van der Waals surface area contributed by atoms with Gasteiger partial charge in [-0.2, -0.15) is 0 Å². The molecule has 1 aliphatic heterocycles. The summed E-state index contributed by atoms with van der Waals surface area (Å²) >= 11 is 6.00. The third-order valence-corrected chi connectivity index (χ3v) is 2.98. The Bertz CT molecular complexity index is 457. The molecular formula is C13H17ClFNO2. The molecule has 0 saturated heterocycles. The highest BCUT2D eigenvalue weighted by Crippen LogP contribution is 2.40. The zero-order chi connectivity index (χ0) is 13.3. The van der Waals surface area contributed by atoms with Gasteiger partial charge in [0, 0.05) is 12.0 Å². The van der Waals surface area contributed by atoms with Crippen LogP contribution in [0.5, 0.6) is 11.5 Å². The van der Waals surface area contributed by atoms with Crippen molar-refractivity contribution in [3.8, 4) is 11.5 Å². The molecule has 1 aliphatic rings. The predicted octanol–water partition coefficient (Wildman–Crippen LogP) is 2.92. The molecular weight excluding hydrogens is 257 g/mol. The number of benzene rings is 1. The minimum atomic E-state index is -0.510. The first-order chi connectivity index (χ1) is 8.38. The van der Waals surface area contributed by atoms with Crippen LogP contribution in [0.25, 0.3) is 0 Å². The Balaban J connectivity index is 2.44. The maximum atomic E-state index is 14.1. The molecule has 0 aromatic heterocycles. The lowest BCUT2D eigenvalue weighted by Crippen LogP contribution is -2.34. The third kappa shape index (κ3) is 2.87. The van der Waals surface area contributed by atoms with Crippen LogP contribution in [0.3, 0.4) is 0 Å². The quantitative estimate of drug-likeness (QED) is 0.901. The number of nitrogens with two attached hydrogens (primary N) is 1. The van der Waals surface area contributed by atoms with Gasteiger partial charge in [-0.1, -0.05) is 11.6 Å². The van der Waals surface area contributed by atoms with Crippen molar-refractivity contribution in [1.29, 1.82) is 0 Å². The first-order valence-corrected chi connectivity index (χ1v) is 6.31. The Morgan fingerprint density at radius 3 is 2.72 bits per heavy atom. The van der Waals surface area contributed by atoms with Gasteiger partial charge in [-0.05, 0) is 31.9 Å². The van der Waals surface area contributed by atoms with Crippen molar-refractivity contribution in [3.63, 3.8) is 0 Å². The van der Waals surface area contributed by atoms with Crippen LogP contribution in [0.15, 0.2) is 6.07 Å². The molecule has 0 aliphatic carbocycles. The lowest BCUT2D eigenvalue weighted by molar-refractivity contribution is 0.296. The van der Waals surface area contributed by atoms with E-state index >= 15 is 0 Å². The molecule has 1 heterocycles. The van der Waals surface area contributed by atoms with Crippen LogP contribution in [0, 0.1) is 5.82 Å². The van der Waals surface area contributed by atoms with E-state index < -0.39 is 11.4 Å². The van der Waals surface area contributed by atoms with Gasteiger partial charge in [-0.25, -0.2) is 4.39 Å². The van der Waals surface area contributed by atoms with Crippen LogP contribution in [0.4, 0.5) is 4.39 Å². The standard InChI is InChI=1S/C13H17ClFNO2/c1-13(2,16)7-8-6-9-12(10(14)11(8)15)18-5-3-4-17-9/h6H,3-5,7,16H2,1-2H3. The summed E-state index contributed by atoms with van der Waals surface area (Å²) < 4.78 is 25.1. The minimum absolute atomic E-state index is 0.0198. The molecule has 0 atom stereocenters. The first-order valence-electron chi connectivity index (χ1n) is 5.94. The fraction of sp³-hybridized carbons (Fsp3) is 0.538. The van der Waals surface area contributed by atoms with Gasteiger partial charge in [0.15, 0.2) is 11.5 Å². The molecule has 1 aromatic carbocycles. The van der Waals surface area contributed by atoms with E-state index in [-0.39, 0.29) is 5.02 Å². The van der Waals surface area contributed by atoms with Gasteiger partial charge < -0.3 is 15.2 Å². The molecule has 5 heteroatoms. The maximum absolute atomic E-state index is 14.1. The molecule has 2 rings (SSSR count). The molecule has 0 amide bonds. The highest BCUT2D eigenvalue weighted by Gasteiger charge is 2.24. The van der Waals surface area contributed by atoms with E-state index in [1.807, 2.05) is 13.8 Å². The SMILES string of the molecule is CC(C)(N)Cc1cc2c(c(Cl)c1F)OCCCO2. The number of hydrogen-bond donors (Lipinski definition) is 1. The van der Waals surface area contributed by atoms with Crippen molar-refractivity contribution >= 4 is 11.6 Å². The Morgan fingerprint density at radius 2 is 2.06 bits per heavy atom. The highest BCUT2D eigenvalue weighted by atomic mass is 35.5. The van der Waals surface area contributed by atoms with Crippen molar-refractivity contribution < 1.29 is 13.9 Å². The fourth-order valence-electron chi connectivity index (χ4n) is 1.91. The van der Waals surface area contributed by atoms with E-state index in [0.717, 1.165) is 6.42 Å². The van der Waals surface area contributed by atoms with E-state index in [2.05, 4.69) is 0 Å². The molecule has 1 aromatic rings. The van der Waals surface area contributed by atoms with Gasteiger partial charge in [0.25, 0.3) is 0 Å². The largest absolute Gasteiger partial charge is 0.489 e. The van der Waals surface area contributed by atoms with Gasteiger partial charge in [0.1, 0.15) is 10.8 Å². The molecule has 0 unspecified atom stereocenters. The fourth-order valence-corrected chi connectivity index (χ4v) is 2.18. The number of rotatable bonds is 2. The lowest BCUT2D eigenvalue weighted by atomic mass is 9.95. The summed E-state index contributed by atoms with van der Waals surface area (Å²) in [6, 6.07) is 1.64. The molecule has 18 heavy (non-hydrogen) atoms. The molecule has 2 N–H and O–H groups in total. The molecule has 3 nitrogen and oxygen atoms in total. The van der Waals surface area contributed by atoms with E-state index in [1.165, 1.54) is 0 Å². The third-order valence-electron chi connectivity index (χ3n) is 2.64. The molecule has 0 saturated carbocycles. The summed E-state index contributed by atoms with van der Waals surface area (Å²) in [7, 11) is 0. The monoisotopic (exact) mass is 273 g/mol. The molecule has 0 spiro atoms. The normalized spacial score (nSPS) is 15.4. The maximum Gasteiger partial charge on any atom is 0.182 e. The molecule has 0 radical (unpaired) electrons. The Labute approximate surface area is 111 Å². The smallest absolute Gasteiger partial charge is 0.182 e. The van der Waals surface area contributed by atoms with Crippen molar-refractivity contribution in [2.24, 2.45) is 5.73 Å². The molecule has 100 valence electrons. The lowest BCUT2D eigenvalue weighted by Gasteiger charge is -2.20. The van der Waals surface area contributed by atoms with Gasteiger partial charge in [0.2, 0.25) is 0 Å². The van der Waals surface area contributed by atoms with Crippen LogP contribution in [-0.4, -0.2) is 18.8 Å². The van der Waals surface area contributed by atoms with E-state index in [9.17, 15) is 4.39 Å². The number of halogens is 2. The average Bonchev–Trinajstić information content (AvgIpc) is 2.49. The van der Waals surface area contributed by atoms with Gasteiger partial charge >= 0.3 is 0 Å². The summed E-state index contributed by atoms with van der Waals surface area (Å²) in [6.45, 7) is 4.70. The summed E-state index contributed by atoms with van der Waals surface area (Å²) in [6.07, 6.45) is 1.14. The zero-order valence-electron chi connectivity index (χ0n) is 10.6. The molecule has 0 fully saturated rings. The topological polar surface area (TPSA) is 44.5 Å². The van der Waals surface area contributed by atoms with Crippen LogP contribution in [0.2, 0.25) is 5.02 Å². The van der Waals surface area contributed by atoms with Crippen molar-refractivity contribution in [2.75, 3.05) is 13.2 Å². The van der Waals surface area contributed by atoms with Crippen LogP contribution in [-0.2, 0) is 6.42 Å². The summed E-state index contributed by atoms with van der Waals surface area (Å²) in [5.74, 6) is 0.322. The average molecular weight is 274 g/mol. The summed E-state index contributed by atoms with van der Waals surface area (Å²) in [4.78, 5) is 0. The van der Waals surface area contributed by atoms with Crippen LogP contribution < -0.4 is 15.2 Å². The van der Waals surface area contributed by atoms with Crippen molar-refractivity contribution in [1.82, 2.24) is 0 Å². The molecule has 0 bridgehead atoms. The zero-order valence-corrected chi connectivity index (χ0v) is 11.3. The van der Waals surface area contributed by atoms with Gasteiger partial charge in [-0.3, -0.25) is 0 Å². The Hall–Kier alpha value is -1.00. The van der Waals surface area contributed by atoms with Crippen molar-refractivity contribution in [3.05, 3.63) is 22.5 Å². The Kier molecular flexibility index (Phi) is 3.69. The van der Waals surface area contributed by atoms with E-state index in [0.29, 0.717) is 36.7 Å². The highest BCUT2D eigenvalue weighted by molar-refractivity contribution is 6.32. The summed E-state index contributed by atoms with van der Waals surface area (Å²) in [5, 5.41) is -0.0198. The first kappa shape index (κ1) is 13.4. The van der Waals surface area contributed by atoms with Crippen LogP contribution in [0.1, 0.15) is 25.8 Å². The second-order valence-corrected chi connectivity index (χ2v) is 5.58. The summed E-state index contributed by atoms with van der Waals surface area (Å²) in [5.41, 5.74) is 5.86. The number of ether oxygens (including phenoxy) is 2. The van der Waals surface area contributed by atoms with E-state index in [4.69, 9.17) is 26.8 Å². The second-order valence-electron chi connectivity index (χ2n) is 5.21. The van der Waals surface area contributed by atoms with Crippen molar-refractivity contribution in [2.45, 2.75) is 32.2 Å². The Morgan fingerprint density at radius 1 is 1.39 bits per heavy atom. The van der Waals surface area contributed by atoms with Gasteiger partial charge in [0.05, 0.1) is 13.2 Å². The minimum Gasteiger partial charge on any atom is -0.489 e. The number of fused-ring (bicyclic) bond motifs is 1. The number of hydrogen-bond acceptors (Lipinski definition) is 3. The van der Waals surface area contributed by atoms with Crippen LogP contribution >= 0.6 is 11.6 Å². The predicted molar refractivity (Wildman–Crippen MR) is 69.0 cm³/mol. The van der Waals surface area contributed by atoms with E-state index in [1.54, 1.807) is 6.07 Å². The van der Waals surface area contributed by atoms with Gasteiger partial charge in [-0.15, -0.1) is 0 Å².